The van der Waals surface area contributed by atoms with Crippen LogP contribution >= 0.6 is 0 Å². The first-order chi connectivity index (χ1) is 7.15. The van der Waals surface area contributed by atoms with Gasteiger partial charge in [-0.15, -0.1) is 0 Å². The minimum Gasteiger partial charge on any atom is -0.303 e. The highest BCUT2D eigenvalue weighted by atomic mass is 15.2. The predicted octanol–water partition coefficient (Wildman–Crippen LogP) is 3.22. The molecule has 1 nitrogen and oxygen atoms in total. The molecule has 0 radical (unpaired) electrons. The zero-order chi connectivity index (χ0) is 10.6. The highest BCUT2D eigenvalue weighted by Gasteiger charge is 2.54. The Morgan fingerprint density at radius 1 is 1.20 bits per heavy atom. The van der Waals surface area contributed by atoms with E-state index in [-0.39, 0.29) is 0 Å². The molecular weight excluding hydrogens is 182 g/mol. The molecule has 1 spiro atoms. The summed E-state index contributed by atoms with van der Waals surface area (Å²) in [4.78, 5) is 2.61. The van der Waals surface area contributed by atoms with Crippen LogP contribution < -0.4 is 0 Å². The van der Waals surface area contributed by atoms with E-state index >= 15 is 0 Å². The van der Waals surface area contributed by atoms with E-state index in [1.54, 1.807) is 11.1 Å². The number of likely N-dealkylation sites (tertiary alicyclic amines) is 1. The van der Waals surface area contributed by atoms with Gasteiger partial charge in [-0.05, 0) is 70.9 Å². The number of rotatable bonds is 0. The molecule has 1 heterocycles. The second kappa shape index (κ2) is 3.10. The molecule has 1 aliphatic heterocycles. The Morgan fingerprint density at radius 2 is 2.00 bits per heavy atom. The maximum absolute atomic E-state index is 2.61. The van der Waals surface area contributed by atoms with Crippen LogP contribution in [0, 0.1) is 11.3 Å². The van der Waals surface area contributed by atoms with E-state index in [1.807, 2.05) is 0 Å². The Labute approximate surface area is 93.5 Å². The lowest BCUT2D eigenvalue weighted by molar-refractivity contribution is -0.0480. The zero-order valence-corrected chi connectivity index (χ0v) is 10.3. The van der Waals surface area contributed by atoms with Crippen molar-refractivity contribution in [2.75, 3.05) is 13.6 Å². The molecule has 2 fully saturated rings. The molecule has 1 unspecified atom stereocenters. The van der Waals surface area contributed by atoms with E-state index in [4.69, 9.17) is 0 Å². The van der Waals surface area contributed by atoms with Gasteiger partial charge in [0.2, 0.25) is 0 Å². The fourth-order valence-electron chi connectivity index (χ4n) is 4.37. The molecule has 0 aromatic heterocycles. The van der Waals surface area contributed by atoms with E-state index < -0.39 is 0 Å². The number of fused-ring (bicyclic) bond motifs is 2. The second-order valence-corrected chi connectivity index (χ2v) is 6.04. The summed E-state index contributed by atoms with van der Waals surface area (Å²) in [5.74, 6) is 0.994. The predicted molar refractivity (Wildman–Crippen MR) is 63.8 cm³/mol. The van der Waals surface area contributed by atoms with Crippen molar-refractivity contribution in [2.24, 2.45) is 11.3 Å². The van der Waals surface area contributed by atoms with Gasteiger partial charge in [-0.3, -0.25) is 0 Å². The van der Waals surface area contributed by atoms with Gasteiger partial charge in [0.25, 0.3) is 0 Å². The van der Waals surface area contributed by atoms with Crippen molar-refractivity contribution in [2.45, 2.75) is 52.0 Å². The van der Waals surface area contributed by atoms with Crippen molar-refractivity contribution in [3.05, 3.63) is 11.1 Å². The monoisotopic (exact) mass is 205 g/mol. The summed E-state index contributed by atoms with van der Waals surface area (Å²) in [6.07, 6.45) is 7.20. The summed E-state index contributed by atoms with van der Waals surface area (Å²) in [6, 6.07) is 0.916. The molecule has 3 aliphatic rings. The molecular formula is C14H23N. The molecule has 15 heavy (non-hydrogen) atoms. The van der Waals surface area contributed by atoms with Crippen LogP contribution in [0.4, 0.5) is 0 Å². The van der Waals surface area contributed by atoms with Crippen molar-refractivity contribution >= 4 is 0 Å². The molecule has 0 bridgehead atoms. The van der Waals surface area contributed by atoms with Gasteiger partial charge >= 0.3 is 0 Å². The van der Waals surface area contributed by atoms with Gasteiger partial charge in [-0.1, -0.05) is 11.1 Å². The van der Waals surface area contributed by atoms with Crippen LogP contribution in [-0.2, 0) is 0 Å². The number of hydrogen-bond donors (Lipinski definition) is 0. The summed E-state index contributed by atoms with van der Waals surface area (Å²) in [6.45, 7) is 6.10. The Kier molecular flexibility index (Phi) is 2.04. The highest BCUT2D eigenvalue weighted by Crippen LogP contribution is 2.59. The Bertz CT molecular complexity index is 317. The van der Waals surface area contributed by atoms with Crippen molar-refractivity contribution in [3.63, 3.8) is 0 Å². The molecule has 3 atom stereocenters. The molecule has 1 heteroatoms. The standard InChI is InChI=1S/C14H23N/c1-10-6-7-14(11(10)2)8-9-15(3)13-5-4-12(13)14/h12-13H,4-9H2,1-3H3/t12-,13+,14?/m0/s1. The van der Waals surface area contributed by atoms with Crippen LogP contribution in [0.2, 0.25) is 0 Å². The lowest BCUT2D eigenvalue weighted by Crippen LogP contribution is -2.57. The third-order valence-electron chi connectivity index (χ3n) is 5.76. The van der Waals surface area contributed by atoms with Crippen LogP contribution in [0.15, 0.2) is 11.1 Å². The Hall–Kier alpha value is -0.300. The number of nitrogens with zero attached hydrogens (tertiary/aromatic N) is 1. The van der Waals surface area contributed by atoms with Gasteiger partial charge in [-0.25, -0.2) is 0 Å². The van der Waals surface area contributed by atoms with E-state index in [1.165, 1.54) is 38.6 Å². The van der Waals surface area contributed by atoms with Crippen LogP contribution in [0.1, 0.15) is 46.0 Å². The van der Waals surface area contributed by atoms with Crippen LogP contribution in [-0.4, -0.2) is 24.5 Å². The molecule has 0 N–H and O–H groups in total. The lowest BCUT2D eigenvalue weighted by Gasteiger charge is -2.57. The normalized spacial score (nSPS) is 45.8. The maximum atomic E-state index is 2.61. The SMILES string of the molecule is CC1=C(C)C2(CC1)CCN(C)[C@@H]1CC[C@@H]12. The summed E-state index contributed by atoms with van der Waals surface area (Å²) in [5, 5.41) is 0. The minimum atomic E-state index is 0.638. The highest BCUT2D eigenvalue weighted by molar-refractivity contribution is 5.29. The van der Waals surface area contributed by atoms with Gasteiger partial charge in [-0.2, -0.15) is 0 Å². The quantitative estimate of drug-likeness (QED) is 0.549. The van der Waals surface area contributed by atoms with Crippen molar-refractivity contribution in [3.8, 4) is 0 Å². The largest absolute Gasteiger partial charge is 0.303 e. The third-order valence-corrected chi connectivity index (χ3v) is 5.76. The molecule has 0 aromatic carbocycles. The average Bonchev–Trinajstić information content (AvgIpc) is 2.41. The van der Waals surface area contributed by atoms with Gasteiger partial charge < -0.3 is 4.90 Å². The van der Waals surface area contributed by atoms with Crippen molar-refractivity contribution < 1.29 is 0 Å². The number of hydrogen-bond acceptors (Lipinski definition) is 1. The Morgan fingerprint density at radius 3 is 2.53 bits per heavy atom. The number of allylic oxidation sites excluding steroid dienone is 2. The molecule has 0 aromatic rings. The lowest BCUT2D eigenvalue weighted by atomic mass is 9.55. The minimum absolute atomic E-state index is 0.638. The summed E-state index contributed by atoms with van der Waals surface area (Å²) >= 11 is 0. The van der Waals surface area contributed by atoms with Crippen LogP contribution in [0.5, 0.6) is 0 Å². The first-order valence-corrected chi connectivity index (χ1v) is 6.52. The van der Waals surface area contributed by atoms with E-state index in [2.05, 4.69) is 25.8 Å². The average molecular weight is 205 g/mol. The van der Waals surface area contributed by atoms with E-state index in [0.29, 0.717) is 5.41 Å². The fraction of sp³-hybridized carbons (Fsp3) is 0.857. The van der Waals surface area contributed by atoms with Crippen molar-refractivity contribution in [1.29, 1.82) is 0 Å². The van der Waals surface area contributed by atoms with Gasteiger partial charge in [0, 0.05) is 6.04 Å². The van der Waals surface area contributed by atoms with Gasteiger partial charge in [0.15, 0.2) is 0 Å². The molecule has 3 rings (SSSR count). The molecule has 0 amide bonds. The fourth-order valence-corrected chi connectivity index (χ4v) is 4.37. The van der Waals surface area contributed by atoms with E-state index in [0.717, 1.165) is 12.0 Å². The number of piperidine rings is 1. The van der Waals surface area contributed by atoms with Gasteiger partial charge in [0.1, 0.15) is 0 Å². The Balaban J connectivity index is 1.94. The smallest absolute Gasteiger partial charge is 0.0129 e. The summed E-state index contributed by atoms with van der Waals surface area (Å²) in [5.41, 5.74) is 4.11. The molecule has 1 saturated heterocycles. The zero-order valence-electron chi connectivity index (χ0n) is 10.3. The first kappa shape index (κ1) is 9.89. The molecule has 1 saturated carbocycles. The van der Waals surface area contributed by atoms with Crippen molar-refractivity contribution in [1.82, 2.24) is 4.90 Å². The maximum Gasteiger partial charge on any atom is 0.0129 e. The topological polar surface area (TPSA) is 3.24 Å². The molecule has 2 aliphatic carbocycles. The first-order valence-electron chi connectivity index (χ1n) is 6.52. The van der Waals surface area contributed by atoms with Crippen LogP contribution in [0.3, 0.4) is 0 Å². The van der Waals surface area contributed by atoms with E-state index in [9.17, 15) is 0 Å². The van der Waals surface area contributed by atoms with Gasteiger partial charge in [0.05, 0.1) is 0 Å². The third kappa shape index (κ3) is 1.13. The molecule has 84 valence electrons. The second-order valence-electron chi connectivity index (χ2n) is 6.04. The summed E-state index contributed by atoms with van der Waals surface area (Å²) < 4.78 is 0. The van der Waals surface area contributed by atoms with Crippen LogP contribution in [0.25, 0.3) is 0 Å². The summed E-state index contributed by atoms with van der Waals surface area (Å²) in [7, 11) is 2.32.